The van der Waals surface area contributed by atoms with E-state index in [2.05, 4.69) is 10.3 Å². The topological polar surface area (TPSA) is 69.8 Å². The van der Waals surface area contributed by atoms with Crippen LogP contribution in [0.15, 0.2) is 120 Å². The van der Waals surface area contributed by atoms with Gasteiger partial charge < -0.3 is 0 Å². The lowest BCUT2D eigenvalue weighted by Gasteiger charge is -2.13. The van der Waals surface area contributed by atoms with Gasteiger partial charge in [0.15, 0.2) is 0 Å². The van der Waals surface area contributed by atoms with Crippen LogP contribution in [0, 0.1) is 6.92 Å². The number of rotatable bonds is 5. The van der Waals surface area contributed by atoms with Gasteiger partial charge in [-0.15, -0.1) is 5.10 Å². The lowest BCUT2D eigenvalue weighted by molar-refractivity contribution is 0.589. The van der Waals surface area contributed by atoms with Gasteiger partial charge in [-0.3, -0.25) is 0 Å². The number of aryl methyl sites for hydroxylation is 1. The van der Waals surface area contributed by atoms with E-state index in [0.29, 0.717) is 22.6 Å². The predicted octanol–water partition coefficient (Wildman–Crippen LogP) is 6.10. The minimum atomic E-state index is -3.94. The van der Waals surface area contributed by atoms with Crippen LogP contribution in [-0.4, -0.2) is 27.4 Å². The quantitative estimate of drug-likeness (QED) is 0.293. The van der Waals surface area contributed by atoms with Gasteiger partial charge in [0.1, 0.15) is 11.4 Å². The number of benzene rings is 4. The molecule has 0 aliphatic carbocycles. The second kappa shape index (κ2) is 8.62. The third-order valence-corrected chi connectivity index (χ3v) is 7.93. The predicted molar refractivity (Wildman–Crippen MR) is 141 cm³/mol. The molecular weight excluding hydrogens is 468 g/mol. The van der Waals surface area contributed by atoms with Crippen molar-refractivity contribution in [3.63, 3.8) is 0 Å². The highest BCUT2D eigenvalue weighted by Gasteiger charge is 2.29. The molecule has 0 N–H and O–H groups in total. The van der Waals surface area contributed by atoms with Crippen molar-refractivity contribution >= 4 is 20.9 Å². The summed E-state index contributed by atoms with van der Waals surface area (Å²) in [7, 11) is -3.94. The summed E-state index contributed by atoms with van der Waals surface area (Å²) in [6.45, 7) is 1.93. The molecule has 4 aromatic carbocycles. The van der Waals surface area contributed by atoms with Gasteiger partial charge in [0, 0.05) is 16.5 Å². The summed E-state index contributed by atoms with van der Waals surface area (Å²) < 4.78 is 31.4. The molecule has 6 nitrogen and oxygen atoms in total. The average Bonchev–Trinajstić information content (AvgIpc) is 3.53. The minimum Gasteiger partial charge on any atom is -0.231 e. The lowest BCUT2D eigenvalue weighted by atomic mass is 10.1. The van der Waals surface area contributed by atoms with Gasteiger partial charge >= 0.3 is 0 Å². The Morgan fingerprint density at radius 2 is 1.31 bits per heavy atom. The highest BCUT2D eigenvalue weighted by molar-refractivity contribution is 7.90. The molecule has 0 saturated carbocycles. The molecule has 0 saturated heterocycles. The fourth-order valence-electron chi connectivity index (χ4n) is 4.46. The summed E-state index contributed by atoms with van der Waals surface area (Å²) in [5, 5.41) is 9.60. The van der Waals surface area contributed by atoms with Gasteiger partial charge in [-0.1, -0.05) is 102 Å². The van der Waals surface area contributed by atoms with Crippen molar-refractivity contribution in [3.8, 4) is 28.2 Å². The largest absolute Gasteiger partial charge is 0.268 e. The molecule has 0 spiro atoms. The van der Waals surface area contributed by atoms with Crippen LogP contribution in [0.1, 0.15) is 5.56 Å². The van der Waals surface area contributed by atoms with E-state index in [-0.39, 0.29) is 4.90 Å². The molecule has 0 fully saturated rings. The Hall–Kier alpha value is -4.49. The first-order chi connectivity index (χ1) is 17.5. The number of hydrogen-bond acceptors (Lipinski definition) is 4. The van der Waals surface area contributed by atoms with E-state index in [4.69, 9.17) is 0 Å². The van der Waals surface area contributed by atoms with Crippen LogP contribution in [0.3, 0.4) is 0 Å². The first kappa shape index (κ1) is 22.0. The van der Waals surface area contributed by atoms with Crippen molar-refractivity contribution in [2.24, 2.45) is 0 Å². The molecule has 0 unspecified atom stereocenters. The molecule has 2 heterocycles. The van der Waals surface area contributed by atoms with Crippen LogP contribution in [0.25, 0.3) is 39.1 Å². The van der Waals surface area contributed by atoms with Gasteiger partial charge in [0.25, 0.3) is 10.0 Å². The molecule has 0 radical (unpaired) electrons. The Labute approximate surface area is 209 Å². The number of para-hydroxylation sites is 1. The van der Waals surface area contributed by atoms with E-state index in [0.717, 1.165) is 22.1 Å². The van der Waals surface area contributed by atoms with E-state index >= 15 is 0 Å². The van der Waals surface area contributed by atoms with Gasteiger partial charge in [0.2, 0.25) is 0 Å². The van der Waals surface area contributed by atoms with Gasteiger partial charge in [-0.25, -0.2) is 17.1 Å². The van der Waals surface area contributed by atoms with Crippen LogP contribution in [0.2, 0.25) is 0 Å². The van der Waals surface area contributed by atoms with Crippen LogP contribution < -0.4 is 0 Å². The van der Waals surface area contributed by atoms with Gasteiger partial charge in [-0.2, -0.15) is 0 Å². The number of hydrogen-bond donors (Lipinski definition) is 0. The maximum absolute atomic E-state index is 14.1. The maximum Gasteiger partial charge on any atom is 0.268 e. The summed E-state index contributed by atoms with van der Waals surface area (Å²) in [6, 6.07) is 33.7. The molecule has 7 heteroatoms. The van der Waals surface area contributed by atoms with Crippen LogP contribution in [-0.2, 0) is 10.0 Å². The Bertz CT molecular complexity index is 1790. The molecule has 6 rings (SSSR count). The Kier molecular flexibility index (Phi) is 5.27. The van der Waals surface area contributed by atoms with Crippen molar-refractivity contribution in [1.29, 1.82) is 0 Å². The van der Waals surface area contributed by atoms with Crippen LogP contribution in [0.5, 0.6) is 0 Å². The molecule has 6 aromatic rings. The number of aromatic nitrogens is 4. The zero-order valence-corrected chi connectivity index (χ0v) is 20.3. The van der Waals surface area contributed by atoms with Crippen molar-refractivity contribution in [1.82, 2.24) is 19.0 Å². The average molecular weight is 491 g/mol. The molecule has 0 aliphatic rings. The second-order valence-corrected chi connectivity index (χ2v) is 10.4. The minimum absolute atomic E-state index is 0.223. The summed E-state index contributed by atoms with van der Waals surface area (Å²) in [5.41, 5.74) is 5.14. The monoisotopic (exact) mass is 490 g/mol. The van der Waals surface area contributed by atoms with Crippen molar-refractivity contribution in [2.45, 2.75) is 11.8 Å². The normalized spacial score (nSPS) is 11.7. The first-order valence-electron chi connectivity index (χ1n) is 11.5. The third-order valence-electron chi connectivity index (χ3n) is 6.20. The SMILES string of the molecule is Cc1ccc(S(=O)(=O)n2c(-c3ccccc3)c(-n3cc(-c4ccccc4)nn3)c3ccccc32)cc1. The smallest absolute Gasteiger partial charge is 0.231 e. The summed E-state index contributed by atoms with van der Waals surface area (Å²) in [6.07, 6.45) is 1.84. The zero-order valence-electron chi connectivity index (χ0n) is 19.5. The highest BCUT2D eigenvalue weighted by Crippen LogP contribution is 2.39. The van der Waals surface area contributed by atoms with Gasteiger partial charge in [-0.05, 0) is 25.1 Å². The lowest BCUT2D eigenvalue weighted by Crippen LogP contribution is -2.15. The highest BCUT2D eigenvalue weighted by atomic mass is 32.2. The van der Waals surface area contributed by atoms with Gasteiger partial charge in [0.05, 0.1) is 22.3 Å². The molecule has 0 amide bonds. The summed E-state index contributed by atoms with van der Waals surface area (Å²) in [4.78, 5) is 0.223. The van der Waals surface area contributed by atoms with Crippen molar-refractivity contribution < 1.29 is 8.42 Å². The molecular formula is C29H22N4O2S. The Balaban J connectivity index is 1.69. The molecule has 176 valence electrons. The van der Waals surface area contributed by atoms with E-state index in [9.17, 15) is 8.42 Å². The van der Waals surface area contributed by atoms with Crippen molar-refractivity contribution in [3.05, 3.63) is 121 Å². The number of nitrogens with zero attached hydrogens (tertiary/aromatic N) is 4. The molecule has 0 atom stereocenters. The maximum atomic E-state index is 14.1. The summed E-state index contributed by atoms with van der Waals surface area (Å²) in [5.74, 6) is 0. The number of fused-ring (bicyclic) bond motifs is 1. The Morgan fingerprint density at radius 1 is 0.694 bits per heavy atom. The Morgan fingerprint density at radius 3 is 2.00 bits per heavy atom. The first-order valence-corrected chi connectivity index (χ1v) is 13.0. The van der Waals surface area contributed by atoms with E-state index < -0.39 is 10.0 Å². The van der Waals surface area contributed by atoms with E-state index in [1.165, 1.54) is 3.97 Å². The van der Waals surface area contributed by atoms with E-state index in [1.807, 2.05) is 110 Å². The van der Waals surface area contributed by atoms with Crippen LogP contribution >= 0.6 is 0 Å². The fourth-order valence-corrected chi connectivity index (χ4v) is 6.00. The molecule has 36 heavy (non-hydrogen) atoms. The second-order valence-electron chi connectivity index (χ2n) is 8.58. The standard InChI is InChI=1S/C29H22N4O2S/c1-21-16-18-24(19-17-21)36(34,35)33-27-15-9-8-14-25(27)29(28(33)23-12-6-3-7-13-23)32-20-26(30-31-32)22-10-4-2-5-11-22/h2-20H,1H3. The molecule has 0 bridgehead atoms. The van der Waals surface area contributed by atoms with Crippen molar-refractivity contribution in [2.75, 3.05) is 0 Å². The zero-order chi connectivity index (χ0) is 24.7. The molecule has 2 aromatic heterocycles. The third kappa shape index (κ3) is 3.61. The summed E-state index contributed by atoms with van der Waals surface area (Å²) >= 11 is 0. The van der Waals surface area contributed by atoms with E-state index in [1.54, 1.807) is 16.8 Å². The molecule has 0 aliphatic heterocycles. The fraction of sp³-hybridized carbons (Fsp3) is 0.0345. The van der Waals surface area contributed by atoms with Crippen LogP contribution in [0.4, 0.5) is 0 Å².